The Morgan fingerprint density at radius 2 is 2.00 bits per heavy atom. The van der Waals surface area contributed by atoms with Crippen LogP contribution in [0.4, 0.5) is 0 Å². The molecule has 0 aliphatic heterocycles. The molecule has 1 aliphatic rings. The van der Waals surface area contributed by atoms with Crippen LogP contribution in [0.1, 0.15) is 38.1 Å². The number of amides is 1. The first-order valence-corrected chi connectivity index (χ1v) is 8.11. The van der Waals surface area contributed by atoms with Gasteiger partial charge in [0.15, 0.2) is 0 Å². The van der Waals surface area contributed by atoms with E-state index in [4.69, 9.17) is 5.73 Å². The Morgan fingerprint density at radius 3 is 2.52 bits per heavy atom. The summed E-state index contributed by atoms with van der Waals surface area (Å²) in [5.74, 6) is 6.24. The highest BCUT2D eigenvalue weighted by Crippen LogP contribution is 2.68. The molecule has 1 aromatic heterocycles. The van der Waals surface area contributed by atoms with E-state index in [0.717, 1.165) is 10.4 Å². The molecule has 4 heteroatoms. The SMILES string of the molecule is CN(Cc1csc(C#CCN)c1)C(=O)C1C(C)(C)C1(C)C. The summed E-state index contributed by atoms with van der Waals surface area (Å²) >= 11 is 1.60. The molecule has 0 spiro atoms. The van der Waals surface area contributed by atoms with Gasteiger partial charge >= 0.3 is 0 Å². The van der Waals surface area contributed by atoms with Crippen molar-refractivity contribution in [1.82, 2.24) is 4.90 Å². The van der Waals surface area contributed by atoms with Crippen molar-refractivity contribution in [1.29, 1.82) is 0 Å². The summed E-state index contributed by atoms with van der Waals surface area (Å²) in [6.45, 7) is 9.71. The molecule has 1 fully saturated rings. The second kappa shape index (κ2) is 5.47. The molecule has 0 unspecified atom stereocenters. The molecule has 2 N–H and O–H groups in total. The van der Waals surface area contributed by atoms with Crippen molar-refractivity contribution < 1.29 is 4.79 Å². The fraction of sp³-hybridized carbons (Fsp3) is 0.588. The minimum atomic E-state index is 0.0880. The molecular weight excluding hydrogens is 280 g/mol. The smallest absolute Gasteiger partial charge is 0.226 e. The zero-order valence-electron chi connectivity index (χ0n) is 13.5. The molecule has 0 radical (unpaired) electrons. The molecule has 1 heterocycles. The number of carbonyl (C=O) groups excluding carboxylic acids is 1. The normalized spacial score (nSPS) is 18.8. The molecule has 1 aliphatic carbocycles. The van der Waals surface area contributed by atoms with Crippen molar-refractivity contribution in [2.75, 3.05) is 13.6 Å². The lowest BCUT2D eigenvalue weighted by molar-refractivity contribution is -0.133. The molecule has 0 aromatic carbocycles. The van der Waals surface area contributed by atoms with E-state index >= 15 is 0 Å². The van der Waals surface area contributed by atoms with Gasteiger partial charge in [0, 0.05) is 19.5 Å². The fourth-order valence-corrected chi connectivity index (χ4v) is 3.82. The van der Waals surface area contributed by atoms with Crippen LogP contribution in [-0.4, -0.2) is 24.4 Å². The Bertz CT molecular complexity index is 590. The van der Waals surface area contributed by atoms with Crippen molar-refractivity contribution in [3.63, 3.8) is 0 Å². The van der Waals surface area contributed by atoms with Gasteiger partial charge in [-0.15, -0.1) is 11.3 Å². The van der Waals surface area contributed by atoms with Gasteiger partial charge in [-0.25, -0.2) is 0 Å². The fourth-order valence-electron chi connectivity index (χ4n) is 3.05. The van der Waals surface area contributed by atoms with Crippen LogP contribution in [0, 0.1) is 28.6 Å². The third kappa shape index (κ3) is 2.86. The van der Waals surface area contributed by atoms with Crippen LogP contribution < -0.4 is 5.73 Å². The molecule has 0 atom stereocenters. The van der Waals surface area contributed by atoms with E-state index in [1.165, 1.54) is 0 Å². The van der Waals surface area contributed by atoms with Gasteiger partial charge in [0.1, 0.15) is 0 Å². The van der Waals surface area contributed by atoms with E-state index in [1.54, 1.807) is 11.3 Å². The lowest BCUT2D eigenvalue weighted by atomic mass is 10.0. The predicted molar refractivity (Wildman–Crippen MR) is 87.8 cm³/mol. The van der Waals surface area contributed by atoms with Crippen molar-refractivity contribution >= 4 is 17.2 Å². The van der Waals surface area contributed by atoms with E-state index in [2.05, 4.69) is 44.9 Å². The molecule has 0 bridgehead atoms. The monoisotopic (exact) mass is 304 g/mol. The van der Waals surface area contributed by atoms with Crippen LogP contribution in [0.5, 0.6) is 0 Å². The highest BCUT2D eigenvalue weighted by molar-refractivity contribution is 7.10. The lowest BCUT2D eigenvalue weighted by Gasteiger charge is -2.17. The average Bonchev–Trinajstić information content (AvgIpc) is 2.72. The minimum Gasteiger partial charge on any atom is -0.341 e. The van der Waals surface area contributed by atoms with Crippen LogP contribution in [0.15, 0.2) is 11.4 Å². The number of thiophene rings is 1. The Hall–Kier alpha value is -1.31. The van der Waals surface area contributed by atoms with Crippen LogP contribution in [0.3, 0.4) is 0 Å². The number of nitrogens with two attached hydrogens (primary N) is 1. The average molecular weight is 304 g/mol. The highest BCUT2D eigenvalue weighted by Gasteiger charge is 2.68. The zero-order chi connectivity index (χ0) is 15.8. The quantitative estimate of drug-likeness (QED) is 0.873. The van der Waals surface area contributed by atoms with Gasteiger partial charge in [-0.05, 0) is 27.8 Å². The standard InChI is InChI=1S/C17H24N2OS/c1-16(2)14(17(16,3)4)15(20)19(5)10-12-9-13(21-11-12)7-6-8-18/h9,11,14H,8,10,18H2,1-5H3. The highest BCUT2D eigenvalue weighted by atomic mass is 32.1. The summed E-state index contributed by atoms with van der Waals surface area (Å²) in [6.07, 6.45) is 0. The van der Waals surface area contributed by atoms with Gasteiger partial charge in [-0.1, -0.05) is 39.5 Å². The number of hydrogen-bond acceptors (Lipinski definition) is 3. The first kappa shape index (κ1) is 16.1. The van der Waals surface area contributed by atoms with Crippen molar-refractivity contribution in [3.8, 4) is 11.8 Å². The number of nitrogens with zero attached hydrogens (tertiary/aromatic N) is 1. The van der Waals surface area contributed by atoms with Gasteiger partial charge < -0.3 is 10.6 Å². The van der Waals surface area contributed by atoms with Crippen LogP contribution in [0.2, 0.25) is 0 Å². The predicted octanol–water partition coefficient (Wildman–Crippen LogP) is 2.70. The number of rotatable bonds is 3. The van der Waals surface area contributed by atoms with Gasteiger partial charge in [0.05, 0.1) is 11.4 Å². The third-order valence-corrected chi connectivity index (χ3v) is 5.93. The molecule has 0 saturated heterocycles. The summed E-state index contributed by atoms with van der Waals surface area (Å²) in [6, 6.07) is 2.04. The second-order valence-corrected chi connectivity index (χ2v) is 7.81. The van der Waals surface area contributed by atoms with E-state index in [0.29, 0.717) is 13.1 Å². The van der Waals surface area contributed by atoms with Crippen LogP contribution in [0.25, 0.3) is 0 Å². The van der Waals surface area contributed by atoms with Crippen LogP contribution >= 0.6 is 11.3 Å². The van der Waals surface area contributed by atoms with Gasteiger partial charge in [0.25, 0.3) is 0 Å². The Balaban J connectivity index is 2.01. The van der Waals surface area contributed by atoms with Crippen molar-refractivity contribution in [3.05, 3.63) is 21.9 Å². The van der Waals surface area contributed by atoms with E-state index in [-0.39, 0.29) is 22.7 Å². The van der Waals surface area contributed by atoms with Gasteiger partial charge in [0.2, 0.25) is 5.91 Å². The Morgan fingerprint density at radius 1 is 1.38 bits per heavy atom. The molecule has 3 nitrogen and oxygen atoms in total. The topological polar surface area (TPSA) is 46.3 Å². The summed E-state index contributed by atoms with van der Waals surface area (Å²) in [5.41, 5.74) is 6.68. The second-order valence-electron chi connectivity index (χ2n) is 6.90. The number of carbonyl (C=O) groups is 1. The summed E-state index contributed by atoms with van der Waals surface area (Å²) < 4.78 is 0. The Kier molecular flexibility index (Phi) is 4.19. The molecule has 1 amide bonds. The molecule has 1 aromatic rings. The first-order valence-electron chi connectivity index (χ1n) is 7.23. The third-order valence-electron chi connectivity index (χ3n) is 5.03. The van der Waals surface area contributed by atoms with E-state index in [9.17, 15) is 4.79 Å². The maximum Gasteiger partial charge on any atom is 0.226 e. The summed E-state index contributed by atoms with van der Waals surface area (Å²) in [4.78, 5) is 15.4. The zero-order valence-corrected chi connectivity index (χ0v) is 14.3. The van der Waals surface area contributed by atoms with Crippen molar-refractivity contribution in [2.45, 2.75) is 34.2 Å². The molecule has 2 rings (SSSR count). The molecule has 114 valence electrons. The summed E-state index contributed by atoms with van der Waals surface area (Å²) in [5, 5.41) is 2.06. The van der Waals surface area contributed by atoms with E-state index < -0.39 is 0 Å². The molecule has 21 heavy (non-hydrogen) atoms. The lowest BCUT2D eigenvalue weighted by Crippen LogP contribution is -2.29. The maximum absolute atomic E-state index is 12.6. The first-order chi connectivity index (χ1) is 9.71. The maximum atomic E-state index is 12.6. The van der Waals surface area contributed by atoms with E-state index in [1.807, 2.05) is 18.0 Å². The largest absolute Gasteiger partial charge is 0.341 e. The minimum absolute atomic E-state index is 0.0880. The number of hydrogen-bond donors (Lipinski definition) is 1. The van der Waals surface area contributed by atoms with Gasteiger partial charge in [-0.3, -0.25) is 4.79 Å². The van der Waals surface area contributed by atoms with Gasteiger partial charge in [-0.2, -0.15) is 0 Å². The Labute approximate surface area is 131 Å². The van der Waals surface area contributed by atoms with Crippen molar-refractivity contribution in [2.24, 2.45) is 22.5 Å². The molecule has 1 saturated carbocycles. The van der Waals surface area contributed by atoms with Crippen LogP contribution in [-0.2, 0) is 11.3 Å². The molecular formula is C17H24N2OS. The summed E-state index contributed by atoms with van der Waals surface area (Å²) in [7, 11) is 1.88.